The molecule has 2 aromatic carbocycles. The van der Waals surface area contributed by atoms with Crippen LogP contribution in [0, 0.1) is 5.82 Å². The first-order valence-corrected chi connectivity index (χ1v) is 9.37. The van der Waals surface area contributed by atoms with Gasteiger partial charge in [-0.3, -0.25) is 14.6 Å². The van der Waals surface area contributed by atoms with E-state index in [1.54, 1.807) is 30.1 Å². The second kappa shape index (κ2) is 8.38. The lowest BCUT2D eigenvalue weighted by Gasteiger charge is -2.04. The molecule has 0 saturated heterocycles. The Labute approximate surface area is 176 Å². The van der Waals surface area contributed by atoms with Gasteiger partial charge in [-0.05, 0) is 48.0 Å². The number of carbonyl (C=O) groups is 1. The third-order valence-electron chi connectivity index (χ3n) is 4.45. The highest BCUT2D eigenvalue weighted by Crippen LogP contribution is 2.22. The van der Waals surface area contributed by atoms with E-state index in [-0.39, 0.29) is 5.91 Å². The van der Waals surface area contributed by atoms with Crippen molar-refractivity contribution in [1.82, 2.24) is 20.0 Å². The largest absolute Gasteiger partial charge is 0.497 e. The van der Waals surface area contributed by atoms with Crippen LogP contribution in [0.4, 0.5) is 10.1 Å². The number of carbonyl (C=O) groups excluding carboxylic acids is 1. The molecular formula is C21H17ClFN5O2. The number of hydrogen-bond acceptors (Lipinski definition) is 4. The van der Waals surface area contributed by atoms with Crippen LogP contribution in [0.3, 0.4) is 0 Å². The maximum Gasteiger partial charge on any atom is 0.273 e. The molecule has 7 nitrogen and oxygen atoms in total. The van der Waals surface area contributed by atoms with Crippen LogP contribution in [-0.4, -0.2) is 33.0 Å². The van der Waals surface area contributed by atoms with E-state index in [4.69, 9.17) is 16.3 Å². The summed E-state index contributed by atoms with van der Waals surface area (Å²) in [6, 6.07) is 13.2. The molecule has 2 heterocycles. The minimum Gasteiger partial charge on any atom is -0.497 e. The zero-order chi connectivity index (χ0) is 21.1. The van der Waals surface area contributed by atoms with Crippen LogP contribution in [-0.2, 0) is 6.54 Å². The number of nitrogens with zero attached hydrogens (tertiary/aromatic N) is 3. The third kappa shape index (κ3) is 4.33. The van der Waals surface area contributed by atoms with Gasteiger partial charge in [-0.2, -0.15) is 10.2 Å². The smallest absolute Gasteiger partial charge is 0.273 e. The molecule has 1 amide bonds. The molecule has 30 heavy (non-hydrogen) atoms. The topological polar surface area (TPSA) is 84.8 Å². The van der Waals surface area contributed by atoms with Gasteiger partial charge in [0.05, 0.1) is 31.2 Å². The fourth-order valence-corrected chi connectivity index (χ4v) is 3.11. The standard InChI is InChI=1S/C21H17ClFN5O2/c1-30-17-6-3-13(4-7-17)19-9-20(27-26-19)21(29)25-16-10-24-28(12-16)11-14-2-5-15(23)8-18(14)22/h2-10,12H,11H2,1H3,(H,25,29)(H,26,27). The van der Waals surface area contributed by atoms with Gasteiger partial charge >= 0.3 is 0 Å². The predicted octanol–water partition coefficient (Wildman–Crippen LogP) is 4.37. The van der Waals surface area contributed by atoms with Gasteiger partial charge in [-0.25, -0.2) is 4.39 Å². The van der Waals surface area contributed by atoms with Crippen LogP contribution in [0.25, 0.3) is 11.3 Å². The number of amides is 1. The van der Waals surface area contributed by atoms with Crippen molar-refractivity contribution < 1.29 is 13.9 Å². The third-order valence-corrected chi connectivity index (χ3v) is 4.80. The molecule has 4 aromatic rings. The van der Waals surface area contributed by atoms with E-state index in [2.05, 4.69) is 20.6 Å². The number of halogens is 2. The molecule has 4 rings (SSSR count). The molecule has 0 saturated carbocycles. The maximum absolute atomic E-state index is 13.2. The number of benzene rings is 2. The molecule has 0 aliphatic carbocycles. The molecule has 152 valence electrons. The summed E-state index contributed by atoms with van der Waals surface area (Å²) in [7, 11) is 1.60. The van der Waals surface area contributed by atoms with Gasteiger partial charge in [0, 0.05) is 16.8 Å². The predicted molar refractivity (Wildman–Crippen MR) is 111 cm³/mol. The number of methoxy groups -OCH3 is 1. The van der Waals surface area contributed by atoms with Crippen molar-refractivity contribution in [2.75, 3.05) is 12.4 Å². The minimum absolute atomic E-state index is 0.315. The molecule has 0 aliphatic heterocycles. The zero-order valence-corrected chi connectivity index (χ0v) is 16.7. The summed E-state index contributed by atoms with van der Waals surface area (Å²) in [6.07, 6.45) is 3.19. The Morgan fingerprint density at radius 3 is 2.77 bits per heavy atom. The summed E-state index contributed by atoms with van der Waals surface area (Å²) in [5.41, 5.74) is 3.05. The molecule has 0 bridgehead atoms. The molecule has 2 N–H and O–H groups in total. The van der Waals surface area contributed by atoms with Crippen molar-refractivity contribution in [1.29, 1.82) is 0 Å². The molecule has 9 heteroatoms. The van der Waals surface area contributed by atoms with Crippen molar-refractivity contribution in [2.24, 2.45) is 0 Å². The van der Waals surface area contributed by atoms with Gasteiger partial charge in [-0.1, -0.05) is 17.7 Å². The number of aromatic nitrogens is 4. The van der Waals surface area contributed by atoms with E-state index in [0.717, 1.165) is 16.9 Å². The van der Waals surface area contributed by atoms with E-state index >= 15 is 0 Å². The fraction of sp³-hybridized carbons (Fsp3) is 0.0952. The summed E-state index contributed by atoms with van der Waals surface area (Å²) in [6.45, 7) is 0.348. The number of aromatic amines is 1. The average molecular weight is 426 g/mol. The van der Waals surface area contributed by atoms with Gasteiger partial charge in [0.2, 0.25) is 0 Å². The van der Waals surface area contributed by atoms with Gasteiger partial charge in [0.1, 0.15) is 17.3 Å². The molecule has 0 unspecified atom stereocenters. The summed E-state index contributed by atoms with van der Waals surface area (Å²) < 4.78 is 19.9. The number of nitrogens with one attached hydrogen (secondary N) is 2. The van der Waals surface area contributed by atoms with Gasteiger partial charge < -0.3 is 10.1 Å². The Morgan fingerprint density at radius 1 is 1.23 bits per heavy atom. The lowest BCUT2D eigenvalue weighted by atomic mass is 10.1. The highest BCUT2D eigenvalue weighted by atomic mass is 35.5. The summed E-state index contributed by atoms with van der Waals surface area (Å²) in [5, 5.41) is 14.2. The van der Waals surface area contributed by atoms with Crippen molar-refractivity contribution in [3.05, 3.63) is 83.0 Å². The second-order valence-electron chi connectivity index (χ2n) is 6.51. The number of anilines is 1. The maximum atomic E-state index is 13.2. The summed E-state index contributed by atoms with van der Waals surface area (Å²) >= 11 is 6.05. The molecular weight excluding hydrogens is 409 g/mol. The van der Waals surface area contributed by atoms with Crippen LogP contribution in [0.2, 0.25) is 5.02 Å². The number of ether oxygens (including phenoxy) is 1. The minimum atomic E-state index is -0.397. The van der Waals surface area contributed by atoms with Crippen LogP contribution in [0.5, 0.6) is 5.75 Å². The molecule has 2 aromatic heterocycles. The lowest BCUT2D eigenvalue weighted by molar-refractivity contribution is 0.102. The van der Waals surface area contributed by atoms with Gasteiger partial charge in [-0.15, -0.1) is 0 Å². The SMILES string of the molecule is COc1ccc(-c2cc(C(=O)Nc3cnn(Cc4ccc(F)cc4Cl)c3)[nH]n2)cc1. The molecule has 0 fully saturated rings. The van der Waals surface area contributed by atoms with Crippen molar-refractivity contribution >= 4 is 23.2 Å². The molecule has 0 aliphatic rings. The van der Waals surface area contributed by atoms with E-state index in [1.165, 1.54) is 18.3 Å². The lowest BCUT2D eigenvalue weighted by Crippen LogP contribution is -2.11. The van der Waals surface area contributed by atoms with Crippen molar-refractivity contribution in [3.63, 3.8) is 0 Å². The van der Waals surface area contributed by atoms with Crippen molar-refractivity contribution in [2.45, 2.75) is 6.54 Å². The van der Waals surface area contributed by atoms with Crippen LogP contribution in [0.1, 0.15) is 16.1 Å². The van der Waals surface area contributed by atoms with E-state index in [9.17, 15) is 9.18 Å². The highest BCUT2D eigenvalue weighted by Gasteiger charge is 2.13. The van der Waals surface area contributed by atoms with Gasteiger partial charge in [0.15, 0.2) is 0 Å². The monoisotopic (exact) mass is 425 g/mol. The number of hydrogen-bond donors (Lipinski definition) is 2. The summed E-state index contributed by atoms with van der Waals surface area (Å²) in [4.78, 5) is 12.5. The first-order valence-electron chi connectivity index (χ1n) is 8.99. The first-order chi connectivity index (χ1) is 14.5. The van der Waals surface area contributed by atoms with E-state index in [0.29, 0.717) is 28.6 Å². The number of rotatable bonds is 6. The quantitative estimate of drug-likeness (QED) is 0.480. The van der Waals surface area contributed by atoms with Crippen LogP contribution in [0.15, 0.2) is 60.9 Å². The Bertz CT molecular complexity index is 1190. The Kier molecular flexibility index (Phi) is 5.49. The highest BCUT2D eigenvalue weighted by molar-refractivity contribution is 6.31. The molecule has 0 spiro atoms. The normalized spacial score (nSPS) is 10.8. The Hall–Kier alpha value is -3.65. The number of H-pyrrole nitrogens is 1. The van der Waals surface area contributed by atoms with Gasteiger partial charge in [0.25, 0.3) is 5.91 Å². The Balaban J connectivity index is 1.42. The van der Waals surface area contributed by atoms with Crippen molar-refractivity contribution in [3.8, 4) is 17.0 Å². The second-order valence-corrected chi connectivity index (χ2v) is 6.92. The zero-order valence-electron chi connectivity index (χ0n) is 15.9. The van der Waals surface area contributed by atoms with Crippen LogP contribution >= 0.6 is 11.6 Å². The molecule has 0 radical (unpaired) electrons. The molecule has 0 atom stereocenters. The fourth-order valence-electron chi connectivity index (χ4n) is 2.89. The average Bonchev–Trinajstić information content (AvgIpc) is 3.40. The summed E-state index contributed by atoms with van der Waals surface area (Å²) in [5.74, 6) is -0.00134. The Morgan fingerprint density at radius 2 is 2.03 bits per heavy atom. The van der Waals surface area contributed by atoms with Crippen LogP contribution < -0.4 is 10.1 Å². The van der Waals surface area contributed by atoms with E-state index in [1.807, 2.05) is 24.3 Å². The first kappa shape index (κ1) is 19.7. The van der Waals surface area contributed by atoms with E-state index < -0.39 is 5.82 Å².